The van der Waals surface area contributed by atoms with Crippen molar-refractivity contribution >= 4 is 5.91 Å². The van der Waals surface area contributed by atoms with Crippen molar-refractivity contribution in [3.8, 4) is 0 Å². The van der Waals surface area contributed by atoms with Crippen LogP contribution in [0.5, 0.6) is 0 Å². The summed E-state index contributed by atoms with van der Waals surface area (Å²) in [4.78, 5) is 14.2. The molecule has 1 atom stereocenters. The van der Waals surface area contributed by atoms with Gasteiger partial charge in [0.1, 0.15) is 0 Å². The van der Waals surface area contributed by atoms with E-state index in [0.717, 1.165) is 38.9 Å². The Labute approximate surface area is 112 Å². The number of rotatable bonds is 4. The molecule has 0 bridgehead atoms. The average molecular weight is 254 g/mol. The van der Waals surface area contributed by atoms with E-state index in [9.17, 15) is 4.79 Å². The van der Waals surface area contributed by atoms with Crippen molar-refractivity contribution in [1.82, 2.24) is 10.2 Å². The van der Waals surface area contributed by atoms with Gasteiger partial charge >= 0.3 is 0 Å². The Morgan fingerprint density at radius 2 is 1.89 bits per heavy atom. The SMILES string of the molecule is CCNC(CN1CCCCCCC1=O)C(C)(C)C. The summed E-state index contributed by atoms with van der Waals surface area (Å²) in [6.07, 6.45) is 5.45. The molecule has 1 aliphatic heterocycles. The van der Waals surface area contributed by atoms with Crippen LogP contribution in [0.1, 0.15) is 59.8 Å². The van der Waals surface area contributed by atoms with Gasteiger partial charge in [0.25, 0.3) is 0 Å². The molecule has 1 heterocycles. The highest BCUT2D eigenvalue weighted by atomic mass is 16.2. The minimum atomic E-state index is 0.193. The lowest BCUT2D eigenvalue weighted by atomic mass is 9.86. The summed E-state index contributed by atoms with van der Waals surface area (Å²) in [5.74, 6) is 0.349. The first-order valence-corrected chi connectivity index (χ1v) is 7.46. The average Bonchev–Trinajstić information content (AvgIpc) is 2.26. The second-order valence-electron chi connectivity index (χ2n) is 6.48. The number of likely N-dealkylation sites (N-methyl/N-ethyl adjacent to an activating group) is 1. The number of carbonyl (C=O) groups excluding carboxylic acids is 1. The lowest BCUT2D eigenvalue weighted by Gasteiger charge is -2.36. The fourth-order valence-corrected chi connectivity index (χ4v) is 2.52. The van der Waals surface area contributed by atoms with Gasteiger partial charge in [0, 0.05) is 25.6 Å². The van der Waals surface area contributed by atoms with Crippen molar-refractivity contribution in [2.75, 3.05) is 19.6 Å². The maximum Gasteiger partial charge on any atom is 0.222 e. The number of hydrogen-bond donors (Lipinski definition) is 1. The molecule has 1 fully saturated rings. The Morgan fingerprint density at radius 1 is 1.22 bits per heavy atom. The summed E-state index contributed by atoms with van der Waals surface area (Å²) in [6.45, 7) is 11.6. The minimum absolute atomic E-state index is 0.193. The normalized spacial score (nSPS) is 20.4. The van der Waals surface area contributed by atoms with E-state index in [2.05, 4.69) is 37.9 Å². The van der Waals surface area contributed by atoms with E-state index in [1.807, 2.05) is 0 Å². The van der Waals surface area contributed by atoms with Gasteiger partial charge in [-0.05, 0) is 24.8 Å². The van der Waals surface area contributed by atoms with E-state index < -0.39 is 0 Å². The molecule has 0 radical (unpaired) electrons. The molecule has 0 aromatic heterocycles. The van der Waals surface area contributed by atoms with E-state index in [0.29, 0.717) is 11.9 Å². The summed E-state index contributed by atoms with van der Waals surface area (Å²) in [6, 6.07) is 0.380. The first-order valence-electron chi connectivity index (χ1n) is 7.46. The zero-order chi connectivity index (χ0) is 13.6. The van der Waals surface area contributed by atoms with Crippen LogP contribution in [0.25, 0.3) is 0 Å². The van der Waals surface area contributed by atoms with Gasteiger partial charge < -0.3 is 10.2 Å². The highest BCUT2D eigenvalue weighted by Gasteiger charge is 2.27. The van der Waals surface area contributed by atoms with Crippen LogP contribution in [0.3, 0.4) is 0 Å². The number of likely N-dealkylation sites (tertiary alicyclic amines) is 1. The van der Waals surface area contributed by atoms with Crippen LogP contribution < -0.4 is 5.32 Å². The second-order valence-corrected chi connectivity index (χ2v) is 6.48. The molecule has 1 N–H and O–H groups in total. The highest BCUT2D eigenvalue weighted by molar-refractivity contribution is 5.76. The topological polar surface area (TPSA) is 32.3 Å². The van der Waals surface area contributed by atoms with Crippen LogP contribution in [0.2, 0.25) is 0 Å². The minimum Gasteiger partial charge on any atom is -0.341 e. The van der Waals surface area contributed by atoms with Crippen LogP contribution in [-0.2, 0) is 4.79 Å². The number of carbonyl (C=O) groups is 1. The van der Waals surface area contributed by atoms with Crippen molar-refractivity contribution in [3.05, 3.63) is 0 Å². The van der Waals surface area contributed by atoms with Gasteiger partial charge in [-0.1, -0.05) is 40.5 Å². The molecule has 3 heteroatoms. The highest BCUT2D eigenvalue weighted by Crippen LogP contribution is 2.21. The molecule has 0 aromatic rings. The van der Waals surface area contributed by atoms with E-state index in [1.165, 1.54) is 12.8 Å². The fraction of sp³-hybridized carbons (Fsp3) is 0.933. The van der Waals surface area contributed by atoms with E-state index in [4.69, 9.17) is 0 Å². The molecular weight excluding hydrogens is 224 g/mol. The van der Waals surface area contributed by atoms with Crippen molar-refractivity contribution in [2.45, 2.75) is 65.8 Å². The Kier molecular flexibility index (Phi) is 6.13. The molecule has 1 unspecified atom stereocenters. The van der Waals surface area contributed by atoms with Crippen LogP contribution >= 0.6 is 0 Å². The standard InChI is InChI=1S/C15H30N2O/c1-5-16-13(15(2,3)4)12-17-11-9-7-6-8-10-14(17)18/h13,16H,5-12H2,1-4H3. The van der Waals surface area contributed by atoms with Gasteiger partial charge in [0.2, 0.25) is 5.91 Å². The molecular formula is C15H30N2O. The van der Waals surface area contributed by atoms with Crippen LogP contribution in [-0.4, -0.2) is 36.5 Å². The molecule has 3 nitrogen and oxygen atoms in total. The molecule has 0 aliphatic carbocycles. The Bertz CT molecular complexity index is 258. The fourth-order valence-electron chi connectivity index (χ4n) is 2.52. The van der Waals surface area contributed by atoms with Gasteiger partial charge in [-0.15, -0.1) is 0 Å². The number of nitrogens with zero attached hydrogens (tertiary/aromatic N) is 1. The van der Waals surface area contributed by atoms with Crippen molar-refractivity contribution < 1.29 is 4.79 Å². The van der Waals surface area contributed by atoms with E-state index in [-0.39, 0.29) is 5.41 Å². The molecule has 1 saturated heterocycles. The molecule has 1 rings (SSSR count). The zero-order valence-corrected chi connectivity index (χ0v) is 12.6. The lowest BCUT2D eigenvalue weighted by molar-refractivity contribution is -0.132. The molecule has 1 amide bonds. The van der Waals surface area contributed by atoms with Gasteiger partial charge in [0.05, 0.1) is 0 Å². The predicted octanol–water partition coefficient (Wildman–Crippen LogP) is 2.80. The van der Waals surface area contributed by atoms with Gasteiger partial charge in [-0.3, -0.25) is 4.79 Å². The summed E-state index contributed by atoms with van der Waals surface area (Å²) in [7, 11) is 0. The van der Waals surface area contributed by atoms with Crippen LogP contribution in [0.4, 0.5) is 0 Å². The van der Waals surface area contributed by atoms with E-state index >= 15 is 0 Å². The van der Waals surface area contributed by atoms with Crippen molar-refractivity contribution in [3.63, 3.8) is 0 Å². The van der Waals surface area contributed by atoms with Gasteiger partial charge in [-0.25, -0.2) is 0 Å². The predicted molar refractivity (Wildman–Crippen MR) is 76.6 cm³/mol. The smallest absolute Gasteiger partial charge is 0.222 e. The van der Waals surface area contributed by atoms with Crippen molar-refractivity contribution in [2.24, 2.45) is 5.41 Å². The summed E-state index contributed by atoms with van der Waals surface area (Å²) >= 11 is 0. The first-order chi connectivity index (χ1) is 8.45. The van der Waals surface area contributed by atoms with E-state index in [1.54, 1.807) is 0 Å². The van der Waals surface area contributed by atoms with Crippen LogP contribution in [0.15, 0.2) is 0 Å². The largest absolute Gasteiger partial charge is 0.341 e. The molecule has 106 valence electrons. The second kappa shape index (κ2) is 7.13. The molecule has 0 saturated carbocycles. The number of amides is 1. The third kappa shape index (κ3) is 4.97. The first kappa shape index (κ1) is 15.5. The Hall–Kier alpha value is -0.570. The number of nitrogens with one attached hydrogen (secondary N) is 1. The number of hydrogen-bond acceptors (Lipinski definition) is 2. The molecule has 0 aromatic carbocycles. The summed E-state index contributed by atoms with van der Waals surface area (Å²) < 4.78 is 0. The molecule has 1 aliphatic rings. The molecule has 18 heavy (non-hydrogen) atoms. The Morgan fingerprint density at radius 3 is 2.50 bits per heavy atom. The lowest BCUT2D eigenvalue weighted by Crippen LogP contribution is -2.50. The quantitative estimate of drug-likeness (QED) is 0.836. The third-order valence-corrected chi connectivity index (χ3v) is 3.82. The third-order valence-electron chi connectivity index (χ3n) is 3.82. The maximum absolute atomic E-state index is 12.1. The molecule has 0 spiro atoms. The Balaban J connectivity index is 2.62. The summed E-state index contributed by atoms with van der Waals surface area (Å²) in [5.41, 5.74) is 0.193. The monoisotopic (exact) mass is 254 g/mol. The zero-order valence-electron chi connectivity index (χ0n) is 12.6. The van der Waals surface area contributed by atoms with Crippen LogP contribution in [0, 0.1) is 5.41 Å². The van der Waals surface area contributed by atoms with Gasteiger partial charge in [-0.2, -0.15) is 0 Å². The maximum atomic E-state index is 12.1. The van der Waals surface area contributed by atoms with Crippen molar-refractivity contribution in [1.29, 1.82) is 0 Å². The van der Waals surface area contributed by atoms with Gasteiger partial charge in [0.15, 0.2) is 0 Å². The summed E-state index contributed by atoms with van der Waals surface area (Å²) in [5, 5.41) is 3.53.